The van der Waals surface area contributed by atoms with Crippen LogP contribution >= 0.6 is 0 Å². The van der Waals surface area contributed by atoms with Crippen molar-refractivity contribution < 1.29 is 13.9 Å². The third kappa shape index (κ3) is 7.07. The molecule has 0 aromatic heterocycles. The molecule has 0 rings (SSSR count). The fourth-order valence-electron chi connectivity index (χ4n) is 0. The Kier molecular flexibility index (Phi) is 8.15. The molecular formula is C2H7NaO3S. The molecule has 0 saturated heterocycles. The summed E-state index contributed by atoms with van der Waals surface area (Å²) in [6.07, 6.45) is 0. The summed E-state index contributed by atoms with van der Waals surface area (Å²) in [5.74, 6) is 0. The van der Waals surface area contributed by atoms with Crippen LogP contribution < -0.4 is 0 Å². The summed E-state index contributed by atoms with van der Waals surface area (Å²) in [7, 11) is 0. The van der Waals surface area contributed by atoms with Crippen LogP contribution in [0.5, 0.6) is 0 Å². The van der Waals surface area contributed by atoms with Crippen LogP contribution in [0, 0.1) is 0 Å². The molecule has 2 atom stereocenters. The number of hydrogen-bond acceptors (Lipinski definition) is 2. The van der Waals surface area contributed by atoms with E-state index in [1.807, 2.05) is 0 Å². The van der Waals surface area contributed by atoms with Crippen molar-refractivity contribution in [1.82, 2.24) is 0 Å². The summed E-state index contributed by atoms with van der Waals surface area (Å²) in [6.45, 7) is 1.25. The SMILES string of the molecule is CC(O)S(=O)O.[NaH]. The van der Waals surface area contributed by atoms with Crippen LogP contribution in [0.1, 0.15) is 6.92 Å². The summed E-state index contributed by atoms with van der Waals surface area (Å²) in [5, 5.41) is 8.08. The Balaban J connectivity index is 0. The molecule has 0 saturated carbocycles. The van der Waals surface area contributed by atoms with E-state index in [-0.39, 0.29) is 29.6 Å². The number of rotatable bonds is 1. The molecular weight excluding hydrogens is 127 g/mol. The Labute approximate surface area is 66.7 Å². The summed E-state index contributed by atoms with van der Waals surface area (Å²) in [6, 6.07) is 0. The fraction of sp³-hybridized carbons (Fsp3) is 1.00. The minimum atomic E-state index is -2.06. The standard InChI is InChI=1S/C2H6O3S.Na.H/c1-2(3)6(4)5;;/h2-3H,1H3,(H,4,5);;. The van der Waals surface area contributed by atoms with Crippen LogP contribution in [0.25, 0.3) is 0 Å². The van der Waals surface area contributed by atoms with E-state index < -0.39 is 16.5 Å². The second-order valence-corrected chi connectivity index (χ2v) is 2.11. The summed E-state index contributed by atoms with van der Waals surface area (Å²) in [4.78, 5) is 0. The first kappa shape index (κ1) is 10.9. The first-order valence-corrected chi connectivity index (χ1v) is 2.59. The Morgan fingerprint density at radius 3 is 1.86 bits per heavy atom. The average molecular weight is 134 g/mol. The van der Waals surface area contributed by atoms with E-state index in [2.05, 4.69) is 0 Å². The van der Waals surface area contributed by atoms with Gasteiger partial charge in [0.25, 0.3) is 0 Å². The van der Waals surface area contributed by atoms with Crippen molar-refractivity contribution in [2.45, 2.75) is 12.4 Å². The predicted octanol–water partition coefficient (Wildman–Crippen LogP) is -1.10. The van der Waals surface area contributed by atoms with Gasteiger partial charge in [-0.15, -0.1) is 0 Å². The van der Waals surface area contributed by atoms with E-state index >= 15 is 0 Å². The number of aliphatic hydroxyl groups excluding tert-OH is 1. The zero-order chi connectivity index (χ0) is 5.15. The predicted molar refractivity (Wildman–Crippen MR) is 29.6 cm³/mol. The molecule has 3 nitrogen and oxygen atoms in total. The number of hydrogen-bond donors (Lipinski definition) is 2. The van der Waals surface area contributed by atoms with Gasteiger partial charge in [-0.25, -0.2) is 4.21 Å². The van der Waals surface area contributed by atoms with Gasteiger partial charge in [0.15, 0.2) is 16.5 Å². The molecule has 5 heteroatoms. The molecule has 0 fully saturated rings. The zero-order valence-electron chi connectivity index (χ0n) is 3.29. The molecule has 0 spiro atoms. The summed E-state index contributed by atoms with van der Waals surface area (Å²) in [5.41, 5.74) is -1.12. The van der Waals surface area contributed by atoms with Gasteiger partial charge in [-0.1, -0.05) is 0 Å². The normalized spacial score (nSPS) is 17.0. The van der Waals surface area contributed by atoms with Crippen molar-refractivity contribution in [2.24, 2.45) is 0 Å². The van der Waals surface area contributed by atoms with Gasteiger partial charge in [-0.2, -0.15) is 0 Å². The molecule has 2 N–H and O–H groups in total. The van der Waals surface area contributed by atoms with Gasteiger partial charge >= 0.3 is 29.6 Å². The molecule has 7 heavy (non-hydrogen) atoms. The van der Waals surface area contributed by atoms with Crippen LogP contribution in [0.3, 0.4) is 0 Å². The van der Waals surface area contributed by atoms with E-state index in [1.165, 1.54) is 6.92 Å². The molecule has 0 bridgehead atoms. The Morgan fingerprint density at radius 1 is 1.71 bits per heavy atom. The second-order valence-electron chi connectivity index (χ2n) is 0.875. The van der Waals surface area contributed by atoms with E-state index in [4.69, 9.17) is 9.66 Å². The Morgan fingerprint density at radius 2 is 1.86 bits per heavy atom. The van der Waals surface area contributed by atoms with Gasteiger partial charge in [0.1, 0.15) is 0 Å². The van der Waals surface area contributed by atoms with E-state index in [0.29, 0.717) is 0 Å². The Hall–Kier alpha value is 1.07. The Bertz CT molecular complexity index is 64.0. The molecule has 40 valence electrons. The van der Waals surface area contributed by atoms with Crippen molar-refractivity contribution in [3.63, 3.8) is 0 Å². The second kappa shape index (κ2) is 5.21. The van der Waals surface area contributed by atoms with Crippen LogP contribution in [-0.2, 0) is 11.1 Å². The van der Waals surface area contributed by atoms with Crippen molar-refractivity contribution in [2.75, 3.05) is 0 Å². The molecule has 2 unspecified atom stereocenters. The van der Waals surface area contributed by atoms with Crippen molar-refractivity contribution in [3.8, 4) is 0 Å². The van der Waals surface area contributed by atoms with E-state index in [0.717, 1.165) is 0 Å². The third-order valence-corrected chi connectivity index (χ3v) is 0.875. The van der Waals surface area contributed by atoms with Crippen LogP contribution in [0.2, 0.25) is 0 Å². The van der Waals surface area contributed by atoms with Crippen LogP contribution in [0.4, 0.5) is 0 Å². The maximum atomic E-state index is 9.56. The van der Waals surface area contributed by atoms with E-state index in [9.17, 15) is 4.21 Å². The average Bonchev–Trinajstić information content (AvgIpc) is 1.36. The van der Waals surface area contributed by atoms with Gasteiger partial charge < -0.3 is 9.66 Å². The topological polar surface area (TPSA) is 57.5 Å². The van der Waals surface area contributed by atoms with E-state index in [1.54, 1.807) is 0 Å². The van der Waals surface area contributed by atoms with Crippen molar-refractivity contribution >= 4 is 40.6 Å². The van der Waals surface area contributed by atoms with Gasteiger partial charge in [-0.05, 0) is 6.92 Å². The molecule has 0 aliphatic rings. The monoisotopic (exact) mass is 134 g/mol. The van der Waals surface area contributed by atoms with Gasteiger partial charge in [0, 0.05) is 0 Å². The fourth-order valence-corrected chi connectivity index (χ4v) is 0. The minimum absolute atomic E-state index is 0. The third-order valence-electron chi connectivity index (χ3n) is 0.292. The van der Waals surface area contributed by atoms with Crippen molar-refractivity contribution in [3.05, 3.63) is 0 Å². The molecule has 0 radical (unpaired) electrons. The quantitative estimate of drug-likeness (QED) is 0.353. The summed E-state index contributed by atoms with van der Waals surface area (Å²) >= 11 is -2.06. The molecule has 0 aliphatic carbocycles. The van der Waals surface area contributed by atoms with Crippen LogP contribution in [-0.4, -0.2) is 48.9 Å². The molecule has 0 heterocycles. The van der Waals surface area contributed by atoms with Crippen LogP contribution in [0.15, 0.2) is 0 Å². The maximum absolute atomic E-state index is 9.56. The molecule has 0 aromatic rings. The molecule has 0 aliphatic heterocycles. The first-order valence-electron chi connectivity index (χ1n) is 1.42. The first-order chi connectivity index (χ1) is 2.64. The van der Waals surface area contributed by atoms with Gasteiger partial charge in [0.2, 0.25) is 0 Å². The summed E-state index contributed by atoms with van der Waals surface area (Å²) < 4.78 is 17.4. The number of aliphatic hydroxyl groups is 1. The van der Waals surface area contributed by atoms with Gasteiger partial charge in [0.05, 0.1) is 0 Å². The zero-order valence-corrected chi connectivity index (χ0v) is 4.10. The van der Waals surface area contributed by atoms with Gasteiger partial charge in [-0.3, -0.25) is 0 Å². The molecule has 0 aromatic carbocycles. The van der Waals surface area contributed by atoms with Crippen molar-refractivity contribution in [1.29, 1.82) is 0 Å². The molecule has 0 amide bonds.